The van der Waals surface area contributed by atoms with Crippen LogP contribution in [-0.2, 0) is 11.8 Å². The number of benzene rings is 1. The minimum absolute atomic E-state index is 0.296. The molecule has 2 rings (SSSR count). The highest BCUT2D eigenvalue weighted by Gasteiger charge is 2.33. The molecule has 136 valence electrons. The van der Waals surface area contributed by atoms with Crippen LogP contribution in [0, 0.1) is 5.82 Å². The van der Waals surface area contributed by atoms with Gasteiger partial charge >= 0.3 is 0 Å². The third kappa shape index (κ3) is 5.30. The number of hydrogen-bond donors (Lipinski definition) is 1. The second-order valence-electron chi connectivity index (χ2n) is 7.36. The molecule has 2 N–H and O–H groups in total. The number of ether oxygens (including phenoxy) is 1. The Hall–Kier alpha value is -1.36. The lowest BCUT2D eigenvalue weighted by Crippen LogP contribution is -2.44. The van der Waals surface area contributed by atoms with Crippen LogP contribution in [0.4, 0.5) is 4.39 Å². The first-order valence-corrected chi connectivity index (χ1v) is 8.73. The van der Waals surface area contributed by atoms with Crippen molar-refractivity contribution in [3.63, 3.8) is 0 Å². The summed E-state index contributed by atoms with van der Waals surface area (Å²) in [5.74, 6) is 0.354. The van der Waals surface area contributed by atoms with Crippen molar-refractivity contribution in [2.45, 2.75) is 44.6 Å². The maximum atomic E-state index is 13.8. The Morgan fingerprint density at radius 2 is 1.72 bits per heavy atom. The highest BCUT2D eigenvalue weighted by atomic mass is 35.5. The first-order chi connectivity index (χ1) is 11.5. The van der Waals surface area contributed by atoms with Crippen LogP contribution < -0.4 is 10.5 Å². The number of methoxy groups -OCH3 is 1. The fourth-order valence-electron chi connectivity index (χ4n) is 3.46. The van der Waals surface area contributed by atoms with Crippen LogP contribution in [0.15, 0.2) is 30.3 Å². The quantitative estimate of drug-likeness (QED) is 0.699. The Labute approximate surface area is 158 Å². The number of nitrogens with two attached hydrogens (primary N) is 1. The predicted molar refractivity (Wildman–Crippen MR) is 101 cm³/mol. The van der Waals surface area contributed by atoms with E-state index in [0.29, 0.717) is 28.9 Å². The van der Waals surface area contributed by atoms with Crippen molar-refractivity contribution in [2.24, 2.45) is 5.73 Å². The van der Waals surface area contributed by atoms with Crippen molar-refractivity contribution < 1.29 is 9.13 Å². The van der Waals surface area contributed by atoms with Crippen molar-refractivity contribution >= 4 is 23.2 Å². The number of nitrogens with zero attached hydrogens (tertiary/aromatic N) is 1. The van der Waals surface area contributed by atoms with Crippen molar-refractivity contribution in [3.05, 3.63) is 57.6 Å². The SMILES string of the molecule is COc1ccc(F)cc1C(C)(C)CC(C)(N)Cc1cc(Cl)nc(Cl)c1. The van der Waals surface area contributed by atoms with Crippen LogP contribution in [0.1, 0.15) is 38.3 Å². The number of aromatic nitrogens is 1. The molecule has 0 aliphatic heterocycles. The van der Waals surface area contributed by atoms with Crippen LogP contribution in [0.5, 0.6) is 5.75 Å². The summed E-state index contributed by atoms with van der Waals surface area (Å²) in [6, 6.07) is 8.06. The van der Waals surface area contributed by atoms with Gasteiger partial charge in [0.15, 0.2) is 0 Å². The van der Waals surface area contributed by atoms with E-state index in [1.807, 2.05) is 20.8 Å². The zero-order valence-electron chi connectivity index (χ0n) is 14.9. The van der Waals surface area contributed by atoms with Gasteiger partial charge in [0.25, 0.3) is 0 Å². The predicted octanol–water partition coefficient (Wildman–Crippen LogP) is 5.16. The first-order valence-electron chi connectivity index (χ1n) is 7.97. The molecule has 0 saturated heterocycles. The second kappa shape index (κ2) is 7.48. The summed E-state index contributed by atoms with van der Waals surface area (Å²) in [5.41, 5.74) is 7.31. The summed E-state index contributed by atoms with van der Waals surface area (Å²) in [6.07, 6.45) is 1.17. The Balaban J connectivity index is 2.27. The summed E-state index contributed by atoms with van der Waals surface area (Å²) in [5, 5.41) is 0.675. The largest absolute Gasteiger partial charge is 0.496 e. The van der Waals surface area contributed by atoms with Gasteiger partial charge in [-0.3, -0.25) is 0 Å². The van der Waals surface area contributed by atoms with Gasteiger partial charge in [0.05, 0.1) is 7.11 Å². The number of rotatable bonds is 6. The van der Waals surface area contributed by atoms with E-state index in [-0.39, 0.29) is 5.82 Å². The average Bonchev–Trinajstić information content (AvgIpc) is 2.44. The lowest BCUT2D eigenvalue weighted by molar-refractivity contribution is 0.312. The molecule has 0 aliphatic carbocycles. The Morgan fingerprint density at radius 1 is 1.12 bits per heavy atom. The summed E-state index contributed by atoms with van der Waals surface area (Å²) < 4.78 is 19.2. The Bertz CT molecular complexity index is 743. The molecular weight excluding hydrogens is 362 g/mol. The van der Waals surface area contributed by atoms with Gasteiger partial charge in [0, 0.05) is 11.1 Å². The fourth-order valence-corrected chi connectivity index (χ4v) is 3.96. The van der Waals surface area contributed by atoms with E-state index >= 15 is 0 Å². The van der Waals surface area contributed by atoms with Gasteiger partial charge in [-0.05, 0) is 61.1 Å². The Kier molecular flexibility index (Phi) is 5.97. The van der Waals surface area contributed by atoms with Gasteiger partial charge in [-0.2, -0.15) is 0 Å². The fraction of sp³-hybridized carbons (Fsp3) is 0.421. The molecule has 1 aromatic heterocycles. The summed E-state index contributed by atoms with van der Waals surface area (Å²) in [6.45, 7) is 6.02. The summed E-state index contributed by atoms with van der Waals surface area (Å²) in [4.78, 5) is 3.95. The van der Waals surface area contributed by atoms with Gasteiger partial charge in [-0.15, -0.1) is 0 Å². The molecule has 0 aliphatic rings. The van der Waals surface area contributed by atoms with Gasteiger partial charge < -0.3 is 10.5 Å². The van der Waals surface area contributed by atoms with E-state index in [1.165, 1.54) is 12.1 Å². The van der Waals surface area contributed by atoms with Crippen LogP contribution in [0.2, 0.25) is 10.3 Å². The van der Waals surface area contributed by atoms with Gasteiger partial charge in [-0.1, -0.05) is 37.0 Å². The maximum Gasteiger partial charge on any atom is 0.131 e. The molecule has 3 nitrogen and oxygen atoms in total. The van der Waals surface area contributed by atoms with Gasteiger partial charge in [0.1, 0.15) is 21.9 Å². The molecule has 0 fully saturated rings. The molecule has 0 bridgehead atoms. The van der Waals surface area contributed by atoms with Crippen LogP contribution >= 0.6 is 23.2 Å². The standard InChI is InChI=1S/C19H23Cl2FN2O/c1-18(2,14-9-13(22)5-6-15(14)25-4)11-19(3,23)10-12-7-16(20)24-17(21)8-12/h5-9H,10-11,23H2,1-4H3. The van der Waals surface area contributed by atoms with Crippen molar-refractivity contribution in [2.75, 3.05) is 7.11 Å². The van der Waals surface area contributed by atoms with Gasteiger partial charge in [-0.25, -0.2) is 9.37 Å². The molecule has 1 atom stereocenters. The average molecular weight is 385 g/mol. The van der Waals surface area contributed by atoms with Crippen molar-refractivity contribution in [3.8, 4) is 5.75 Å². The zero-order chi connectivity index (χ0) is 18.8. The minimum atomic E-state index is -0.561. The number of halogens is 3. The monoisotopic (exact) mass is 384 g/mol. The Morgan fingerprint density at radius 3 is 2.28 bits per heavy atom. The van der Waals surface area contributed by atoms with E-state index in [1.54, 1.807) is 25.3 Å². The smallest absolute Gasteiger partial charge is 0.131 e. The van der Waals surface area contributed by atoms with Crippen LogP contribution in [0.25, 0.3) is 0 Å². The van der Waals surface area contributed by atoms with Crippen molar-refractivity contribution in [1.29, 1.82) is 0 Å². The van der Waals surface area contributed by atoms with Crippen LogP contribution in [0.3, 0.4) is 0 Å². The normalized spacial score (nSPS) is 14.2. The van der Waals surface area contributed by atoms with Crippen molar-refractivity contribution in [1.82, 2.24) is 4.98 Å². The first kappa shape index (κ1) is 20.0. The third-order valence-electron chi connectivity index (χ3n) is 4.17. The van der Waals surface area contributed by atoms with E-state index in [4.69, 9.17) is 33.7 Å². The molecule has 0 amide bonds. The molecule has 25 heavy (non-hydrogen) atoms. The minimum Gasteiger partial charge on any atom is -0.496 e. The highest BCUT2D eigenvalue weighted by molar-refractivity contribution is 6.32. The molecule has 6 heteroatoms. The lowest BCUT2D eigenvalue weighted by atomic mass is 9.72. The van der Waals surface area contributed by atoms with Crippen LogP contribution in [-0.4, -0.2) is 17.6 Å². The molecule has 1 aromatic carbocycles. The maximum absolute atomic E-state index is 13.8. The van der Waals surface area contributed by atoms with Gasteiger partial charge in [0.2, 0.25) is 0 Å². The molecule has 1 heterocycles. The number of hydrogen-bond acceptors (Lipinski definition) is 3. The summed E-state index contributed by atoms with van der Waals surface area (Å²) in [7, 11) is 1.58. The summed E-state index contributed by atoms with van der Waals surface area (Å²) >= 11 is 11.9. The molecule has 0 saturated carbocycles. The van der Waals surface area contributed by atoms with E-state index in [9.17, 15) is 4.39 Å². The third-order valence-corrected chi connectivity index (χ3v) is 4.55. The van der Waals surface area contributed by atoms with E-state index < -0.39 is 11.0 Å². The molecular formula is C19H23Cl2FN2O. The molecule has 2 aromatic rings. The molecule has 0 radical (unpaired) electrons. The molecule has 0 spiro atoms. The molecule has 1 unspecified atom stereocenters. The zero-order valence-corrected chi connectivity index (χ0v) is 16.4. The van der Waals surface area contributed by atoms with E-state index in [0.717, 1.165) is 11.1 Å². The second-order valence-corrected chi connectivity index (χ2v) is 8.13. The lowest BCUT2D eigenvalue weighted by Gasteiger charge is -2.36. The number of pyridine rings is 1. The van der Waals surface area contributed by atoms with E-state index in [2.05, 4.69) is 4.98 Å². The highest BCUT2D eigenvalue weighted by Crippen LogP contribution is 2.38. The topological polar surface area (TPSA) is 48.1 Å².